The Balaban J connectivity index is 1.31. The second kappa shape index (κ2) is 9.22. The first-order chi connectivity index (χ1) is 16.2. The summed E-state index contributed by atoms with van der Waals surface area (Å²) in [6.07, 6.45) is 3.22. The predicted octanol–water partition coefficient (Wildman–Crippen LogP) is 2.92. The smallest absolute Gasteiger partial charge is 0.211 e. The van der Waals surface area contributed by atoms with Crippen molar-refractivity contribution < 1.29 is 12.8 Å². The van der Waals surface area contributed by atoms with Crippen molar-refractivity contribution in [2.75, 3.05) is 64.5 Å². The van der Waals surface area contributed by atoms with Crippen LogP contribution in [0.25, 0.3) is 0 Å². The fourth-order valence-electron chi connectivity index (χ4n) is 6.11. The van der Waals surface area contributed by atoms with Gasteiger partial charge in [0.25, 0.3) is 0 Å². The van der Waals surface area contributed by atoms with Crippen LogP contribution >= 0.6 is 0 Å². The van der Waals surface area contributed by atoms with Gasteiger partial charge in [0.1, 0.15) is 5.82 Å². The van der Waals surface area contributed by atoms with E-state index in [-0.39, 0.29) is 11.9 Å². The number of hydrogen-bond acceptors (Lipinski definition) is 5. The van der Waals surface area contributed by atoms with E-state index in [0.29, 0.717) is 38.1 Å². The zero-order chi connectivity index (χ0) is 24.0. The van der Waals surface area contributed by atoms with Crippen molar-refractivity contribution in [2.45, 2.75) is 30.8 Å². The number of benzene rings is 2. The van der Waals surface area contributed by atoms with Gasteiger partial charge in [0, 0.05) is 68.5 Å². The fourth-order valence-corrected chi connectivity index (χ4v) is 6.93. The molecule has 2 aromatic carbocycles. The summed E-state index contributed by atoms with van der Waals surface area (Å²) in [4.78, 5) is 7.05. The molecule has 0 bridgehead atoms. The van der Waals surface area contributed by atoms with Crippen molar-refractivity contribution in [3.63, 3.8) is 0 Å². The number of hydrogen-bond donors (Lipinski definition) is 0. The van der Waals surface area contributed by atoms with Gasteiger partial charge >= 0.3 is 0 Å². The Labute approximate surface area is 203 Å². The zero-order valence-corrected chi connectivity index (χ0v) is 21.1. The van der Waals surface area contributed by atoms with Crippen molar-refractivity contribution in [3.05, 3.63) is 65.0 Å². The number of likely N-dealkylation sites (N-methyl/N-ethyl adjacent to an activating group) is 1. The van der Waals surface area contributed by atoms with Gasteiger partial charge in [-0.3, -0.25) is 4.90 Å². The third-order valence-electron chi connectivity index (χ3n) is 7.98. The quantitative estimate of drug-likeness (QED) is 0.651. The van der Waals surface area contributed by atoms with E-state index in [0.717, 1.165) is 42.7 Å². The average molecular weight is 487 g/mol. The van der Waals surface area contributed by atoms with Crippen LogP contribution in [0.4, 0.5) is 10.1 Å². The number of nitrogens with zero attached hydrogens (tertiary/aromatic N) is 4. The lowest BCUT2D eigenvalue weighted by Gasteiger charge is -2.35. The highest BCUT2D eigenvalue weighted by molar-refractivity contribution is 7.88. The number of piperazine rings is 1. The Hall–Kier alpha value is -2.00. The minimum atomic E-state index is -3.12. The van der Waals surface area contributed by atoms with Gasteiger partial charge in [-0.05, 0) is 56.3 Å². The van der Waals surface area contributed by atoms with Crippen LogP contribution in [-0.2, 0) is 16.4 Å². The molecule has 184 valence electrons. The van der Waals surface area contributed by atoms with Gasteiger partial charge in [0.05, 0.1) is 6.26 Å². The summed E-state index contributed by atoms with van der Waals surface area (Å²) in [5.41, 5.74) is 4.52. The molecule has 34 heavy (non-hydrogen) atoms. The normalized spacial score (nSPS) is 26.4. The summed E-state index contributed by atoms with van der Waals surface area (Å²) >= 11 is 0. The van der Waals surface area contributed by atoms with Gasteiger partial charge < -0.3 is 9.80 Å². The summed E-state index contributed by atoms with van der Waals surface area (Å²) in [5, 5.41) is 0. The second-order valence-corrected chi connectivity index (χ2v) is 12.2. The molecule has 1 aliphatic carbocycles. The van der Waals surface area contributed by atoms with E-state index in [4.69, 9.17) is 0 Å². The van der Waals surface area contributed by atoms with Crippen molar-refractivity contribution in [2.24, 2.45) is 0 Å². The summed E-state index contributed by atoms with van der Waals surface area (Å²) in [7, 11) is 1.15. The molecule has 2 heterocycles. The molecular weight excluding hydrogens is 451 g/mol. The van der Waals surface area contributed by atoms with Crippen molar-refractivity contribution in [3.8, 4) is 0 Å². The SMILES string of the molecule is CN(C)[C@@H]1CN(C2CCc3cccc(F)c32)C[C@H]1c1ccc(N2CCN(S(C)(=O)=O)CC2)cc1. The van der Waals surface area contributed by atoms with Crippen molar-refractivity contribution in [1.29, 1.82) is 0 Å². The Kier molecular flexibility index (Phi) is 6.44. The number of likely N-dealkylation sites (tertiary alicyclic amines) is 1. The summed E-state index contributed by atoms with van der Waals surface area (Å²) in [5.74, 6) is 0.298. The van der Waals surface area contributed by atoms with Crippen LogP contribution in [0.1, 0.15) is 35.1 Å². The molecule has 0 aromatic heterocycles. The lowest BCUT2D eigenvalue weighted by molar-refractivity contribution is 0.213. The lowest BCUT2D eigenvalue weighted by atomic mass is 9.93. The minimum absolute atomic E-state index is 0.0647. The highest BCUT2D eigenvalue weighted by atomic mass is 32.2. The van der Waals surface area contributed by atoms with Crippen LogP contribution in [0.2, 0.25) is 0 Å². The highest BCUT2D eigenvalue weighted by Gasteiger charge is 2.41. The number of sulfonamides is 1. The van der Waals surface area contributed by atoms with Gasteiger partial charge in [0.15, 0.2) is 0 Å². The molecule has 2 aliphatic heterocycles. The molecule has 0 amide bonds. The Morgan fingerprint density at radius 1 is 0.971 bits per heavy atom. The van der Waals surface area contributed by atoms with Gasteiger partial charge in [-0.25, -0.2) is 12.8 Å². The molecule has 2 fully saturated rings. The van der Waals surface area contributed by atoms with Gasteiger partial charge in [-0.1, -0.05) is 24.3 Å². The maximum atomic E-state index is 14.7. The van der Waals surface area contributed by atoms with E-state index in [1.807, 2.05) is 6.07 Å². The maximum absolute atomic E-state index is 14.7. The molecule has 0 radical (unpaired) electrons. The van der Waals surface area contributed by atoms with Gasteiger partial charge in [-0.2, -0.15) is 4.31 Å². The summed E-state index contributed by atoms with van der Waals surface area (Å²) in [6, 6.07) is 14.8. The van der Waals surface area contributed by atoms with Crippen LogP contribution in [0.15, 0.2) is 42.5 Å². The molecule has 0 spiro atoms. The van der Waals surface area contributed by atoms with Crippen molar-refractivity contribution >= 4 is 15.7 Å². The van der Waals surface area contributed by atoms with Gasteiger partial charge in [0.2, 0.25) is 10.0 Å². The van der Waals surface area contributed by atoms with Crippen LogP contribution in [0.5, 0.6) is 0 Å². The predicted molar refractivity (Wildman–Crippen MR) is 134 cm³/mol. The number of fused-ring (bicyclic) bond motifs is 1. The minimum Gasteiger partial charge on any atom is -0.369 e. The highest BCUT2D eigenvalue weighted by Crippen LogP contribution is 2.42. The molecule has 6 nitrogen and oxygen atoms in total. The summed E-state index contributed by atoms with van der Waals surface area (Å²) in [6.45, 7) is 4.33. The molecule has 3 aliphatic rings. The maximum Gasteiger partial charge on any atom is 0.211 e. The molecule has 1 unspecified atom stereocenters. The van der Waals surface area contributed by atoms with Crippen molar-refractivity contribution in [1.82, 2.24) is 14.1 Å². The molecule has 2 aromatic rings. The molecule has 5 rings (SSSR count). The van der Waals surface area contributed by atoms with E-state index in [2.05, 4.69) is 59.1 Å². The third kappa shape index (κ3) is 4.49. The van der Waals surface area contributed by atoms with E-state index >= 15 is 0 Å². The Bertz CT molecular complexity index is 1130. The largest absolute Gasteiger partial charge is 0.369 e. The number of anilines is 1. The van der Waals surface area contributed by atoms with E-state index in [1.54, 1.807) is 10.4 Å². The molecule has 2 saturated heterocycles. The first-order valence-electron chi connectivity index (χ1n) is 12.2. The third-order valence-corrected chi connectivity index (χ3v) is 9.28. The first-order valence-corrected chi connectivity index (χ1v) is 14.0. The Morgan fingerprint density at radius 3 is 2.32 bits per heavy atom. The fraction of sp³-hybridized carbons (Fsp3) is 0.538. The van der Waals surface area contributed by atoms with E-state index in [9.17, 15) is 12.8 Å². The molecule has 8 heteroatoms. The topological polar surface area (TPSA) is 47.1 Å². The van der Waals surface area contributed by atoms with E-state index in [1.165, 1.54) is 11.8 Å². The zero-order valence-electron chi connectivity index (χ0n) is 20.3. The molecule has 3 atom stereocenters. The van der Waals surface area contributed by atoms with Crippen LogP contribution in [-0.4, -0.2) is 88.2 Å². The molecular formula is C26H35FN4O2S. The Morgan fingerprint density at radius 2 is 1.68 bits per heavy atom. The molecule has 0 saturated carbocycles. The first kappa shape index (κ1) is 23.7. The van der Waals surface area contributed by atoms with Crippen LogP contribution in [0.3, 0.4) is 0 Å². The van der Waals surface area contributed by atoms with E-state index < -0.39 is 10.0 Å². The number of rotatable bonds is 5. The second-order valence-electron chi connectivity index (χ2n) is 10.2. The standard InChI is InChI=1S/C26H35FN4O2S/c1-28(2)25-18-30(24-12-9-20-5-4-6-23(27)26(20)24)17-22(25)19-7-10-21(11-8-19)29-13-15-31(16-14-29)34(3,32)33/h4-8,10-11,22,24-25H,9,12-18H2,1-3H3/t22-,24?,25+/m0/s1. The van der Waals surface area contributed by atoms with Crippen LogP contribution < -0.4 is 4.90 Å². The molecule has 0 N–H and O–H groups in total. The summed E-state index contributed by atoms with van der Waals surface area (Å²) < 4.78 is 39.8. The average Bonchev–Trinajstić information content (AvgIpc) is 3.44. The number of halogens is 1. The van der Waals surface area contributed by atoms with Crippen LogP contribution in [0, 0.1) is 5.82 Å². The monoisotopic (exact) mass is 486 g/mol. The number of aryl methyl sites for hydroxylation is 1. The van der Waals surface area contributed by atoms with Gasteiger partial charge in [-0.15, -0.1) is 0 Å². The lowest BCUT2D eigenvalue weighted by Crippen LogP contribution is -2.48.